The van der Waals surface area contributed by atoms with E-state index in [1.54, 1.807) is 0 Å². The van der Waals surface area contributed by atoms with Crippen LogP contribution in [0, 0.1) is 6.92 Å². The summed E-state index contributed by atoms with van der Waals surface area (Å²) in [7, 11) is 3.99. The van der Waals surface area contributed by atoms with Crippen LogP contribution in [0.1, 0.15) is 30.0 Å². The van der Waals surface area contributed by atoms with Gasteiger partial charge >= 0.3 is 0 Å². The van der Waals surface area contributed by atoms with Gasteiger partial charge in [0.15, 0.2) is 0 Å². The predicted molar refractivity (Wildman–Crippen MR) is 106 cm³/mol. The number of piperazine rings is 1. The summed E-state index contributed by atoms with van der Waals surface area (Å²) >= 11 is 0. The lowest BCUT2D eigenvalue weighted by Crippen LogP contribution is -2.52. The molecule has 144 valence electrons. The van der Waals surface area contributed by atoms with Crippen LogP contribution in [0.5, 0.6) is 0 Å². The maximum absolute atomic E-state index is 13.2. The Morgan fingerprint density at radius 1 is 0.923 bits per heavy atom. The second kappa shape index (κ2) is 8.98. The van der Waals surface area contributed by atoms with Crippen molar-refractivity contribution in [3.63, 3.8) is 0 Å². The molecule has 1 aromatic rings. The van der Waals surface area contributed by atoms with E-state index in [1.165, 1.54) is 38.0 Å². The Labute approximate surface area is 158 Å². The molecule has 1 atom stereocenters. The first-order valence-electron chi connectivity index (χ1n) is 10.0. The van der Waals surface area contributed by atoms with Gasteiger partial charge in [0.05, 0.1) is 0 Å². The summed E-state index contributed by atoms with van der Waals surface area (Å²) < 4.78 is 0. The number of hydrogen-bond donors (Lipinski definition) is 0. The number of aryl methyl sites for hydroxylation is 1. The van der Waals surface area contributed by atoms with Gasteiger partial charge in [0, 0.05) is 39.3 Å². The van der Waals surface area contributed by atoms with E-state index in [-0.39, 0.29) is 11.9 Å². The summed E-state index contributed by atoms with van der Waals surface area (Å²) in [5.74, 6) is 0.234. The van der Waals surface area contributed by atoms with Gasteiger partial charge in [-0.15, -0.1) is 0 Å². The van der Waals surface area contributed by atoms with Gasteiger partial charge in [-0.1, -0.05) is 29.8 Å². The van der Waals surface area contributed by atoms with Crippen LogP contribution in [-0.4, -0.2) is 92.0 Å². The molecule has 2 aliphatic heterocycles. The minimum atomic E-state index is -0.188. The fourth-order valence-corrected chi connectivity index (χ4v) is 4.06. The minimum Gasteiger partial charge on any atom is -0.338 e. The molecule has 3 rings (SSSR count). The van der Waals surface area contributed by atoms with Crippen molar-refractivity contribution in [2.24, 2.45) is 0 Å². The van der Waals surface area contributed by atoms with E-state index in [9.17, 15) is 4.79 Å². The molecular weight excluding hydrogens is 324 g/mol. The van der Waals surface area contributed by atoms with Crippen LogP contribution in [0.3, 0.4) is 0 Å². The quantitative estimate of drug-likeness (QED) is 0.776. The standard InChI is InChI=1S/C21H34N4O/c1-18-6-8-19(9-7-18)20(22(2)3)21(26)25-16-14-24(15-17-25)13-12-23-10-4-5-11-23/h6-9,20H,4-5,10-17H2,1-3H3. The molecule has 0 N–H and O–H groups in total. The average molecular weight is 359 g/mol. The fraction of sp³-hybridized carbons (Fsp3) is 0.667. The summed E-state index contributed by atoms with van der Waals surface area (Å²) in [6.45, 7) is 10.6. The van der Waals surface area contributed by atoms with Crippen LogP contribution in [-0.2, 0) is 4.79 Å². The first-order chi connectivity index (χ1) is 12.5. The average Bonchev–Trinajstić information content (AvgIpc) is 3.15. The molecular formula is C21H34N4O. The second-order valence-electron chi connectivity index (χ2n) is 7.99. The number of benzene rings is 1. The van der Waals surface area contributed by atoms with Crippen molar-refractivity contribution in [3.8, 4) is 0 Å². The van der Waals surface area contributed by atoms with Gasteiger partial charge in [0.1, 0.15) is 6.04 Å². The maximum atomic E-state index is 13.2. The monoisotopic (exact) mass is 358 g/mol. The smallest absolute Gasteiger partial charge is 0.244 e. The van der Waals surface area contributed by atoms with E-state index in [1.807, 2.05) is 19.0 Å². The number of likely N-dealkylation sites (N-methyl/N-ethyl adjacent to an activating group) is 1. The molecule has 0 spiro atoms. The van der Waals surface area contributed by atoms with Gasteiger partial charge < -0.3 is 9.80 Å². The van der Waals surface area contributed by atoms with Gasteiger partial charge in [-0.3, -0.25) is 14.6 Å². The topological polar surface area (TPSA) is 30.0 Å². The Balaban J connectivity index is 1.53. The Morgan fingerprint density at radius 2 is 1.46 bits per heavy atom. The lowest BCUT2D eigenvalue weighted by atomic mass is 10.0. The molecule has 26 heavy (non-hydrogen) atoms. The largest absolute Gasteiger partial charge is 0.338 e. The molecule has 2 aliphatic rings. The van der Waals surface area contributed by atoms with E-state index >= 15 is 0 Å². The normalized spacial score (nSPS) is 20.7. The van der Waals surface area contributed by atoms with Crippen molar-refractivity contribution in [2.75, 3.05) is 66.5 Å². The summed E-state index contributed by atoms with van der Waals surface area (Å²) in [5, 5.41) is 0. The molecule has 1 unspecified atom stereocenters. The van der Waals surface area contributed by atoms with Gasteiger partial charge in [0.25, 0.3) is 0 Å². The fourth-order valence-electron chi connectivity index (χ4n) is 4.06. The number of hydrogen-bond acceptors (Lipinski definition) is 4. The highest BCUT2D eigenvalue weighted by molar-refractivity contribution is 5.83. The van der Waals surface area contributed by atoms with Crippen LogP contribution in [0.15, 0.2) is 24.3 Å². The minimum absolute atomic E-state index is 0.188. The lowest BCUT2D eigenvalue weighted by Gasteiger charge is -2.38. The van der Waals surface area contributed by atoms with E-state index in [2.05, 4.69) is 45.9 Å². The molecule has 1 amide bonds. The highest BCUT2D eigenvalue weighted by Gasteiger charge is 2.30. The molecule has 0 aromatic heterocycles. The van der Waals surface area contributed by atoms with Crippen molar-refractivity contribution in [3.05, 3.63) is 35.4 Å². The maximum Gasteiger partial charge on any atom is 0.244 e. The molecule has 2 heterocycles. The number of carbonyl (C=O) groups is 1. The number of carbonyl (C=O) groups excluding carboxylic acids is 1. The van der Waals surface area contributed by atoms with Crippen molar-refractivity contribution in [1.29, 1.82) is 0 Å². The van der Waals surface area contributed by atoms with Crippen LogP contribution in [0.25, 0.3) is 0 Å². The zero-order valence-corrected chi connectivity index (χ0v) is 16.7. The van der Waals surface area contributed by atoms with Gasteiger partial charge in [-0.2, -0.15) is 0 Å². The molecule has 5 heteroatoms. The van der Waals surface area contributed by atoms with Crippen LogP contribution in [0.2, 0.25) is 0 Å². The van der Waals surface area contributed by atoms with Crippen molar-refractivity contribution in [1.82, 2.24) is 19.6 Å². The lowest BCUT2D eigenvalue weighted by molar-refractivity contribution is -0.138. The molecule has 0 aliphatic carbocycles. The molecule has 5 nitrogen and oxygen atoms in total. The third kappa shape index (κ3) is 4.84. The summed E-state index contributed by atoms with van der Waals surface area (Å²) in [4.78, 5) is 22.3. The molecule has 0 radical (unpaired) electrons. The number of amides is 1. The van der Waals surface area contributed by atoms with Crippen molar-refractivity contribution in [2.45, 2.75) is 25.8 Å². The third-order valence-corrected chi connectivity index (χ3v) is 5.76. The zero-order valence-electron chi connectivity index (χ0n) is 16.7. The molecule has 2 saturated heterocycles. The van der Waals surface area contributed by atoms with Crippen LogP contribution in [0.4, 0.5) is 0 Å². The van der Waals surface area contributed by atoms with Crippen LogP contribution < -0.4 is 0 Å². The highest BCUT2D eigenvalue weighted by Crippen LogP contribution is 2.22. The Morgan fingerprint density at radius 3 is 2.00 bits per heavy atom. The summed E-state index contributed by atoms with van der Waals surface area (Å²) in [5.41, 5.74) is 2.31. The van der Waals surface area contributed by atoms with Crippen molar-refractivity contribution < 1.29 is 4.79 Å². The van der Waals surface area contributed by atoms with Crippen LogP contribution >= 0.6 is 0 Å². The number of likely N-dealkylation sites (tertiary alicyclic amines) is 1. The Hall–Kier alpha value is -1.43. The van der Waals surface area contributed by atoms with E-state index < -0.39 is 0 Å². The van der Waals surface area contributed by atoms with E-state index in [0.29, 0.717) is 0 Å². The first kappa shape index (κ1) is 19.3. The molecule has 0 bridgehead atoms. The summed E-state index contributed by atoms with van der Waals surface area (Å²) in [6, 6.07) is 8.17. The van der Waals surface area contributed by atoms with Crippen molar-refractivity contribution >= 4 is 5.91 Å². The highest BCUT2D eigenvalue weighted by atomic mass is 16.2. The van der Waals surface area contributed by atoms with Gasteiger partial charge in [0.2, 0.25) is 5.91 Å². The Kier molecular flexibility index (Phi) is 6.68. The zero-order chi connectivity index (χ0) is 18.5. The second-order valence-corrected chi connectivity index (χ2v) is 7.99. The predicted octanol–water partition coefficient (Wildman–Crippen LogP) is 1.84. The number of nitrogens with zero attached hydrogens (tertiary/aromatic N) is 4. The molecule has 1 aromatic carbocycles. The third-order valence-electron chi connectivity index (χ3n) is 5.76. The number of rotatable bonds is 6. The van der Waals surface area contributed by atoms with E-state index in [0.717, 1.165) is 38.3 Å². The summed E-state index contributed by atoms with van der Waals surface area (Å²) in [6.07, 6.45) is 2.71. The first-order valence-corrected chi connectivity index (χ1v) is 10.0. The molecule has 0 saturated carbocycles. The van der Waals surface area contributed by atoms with E-state index in [4.69, 9.17) is 0 Å². The molecule has 2 fully saturated rings. The van der Waals surface area contributed by atoms with Gasteiger partial charge in [-0.05, 0) is 52.5 Å². The Bertz CT molecular complexity index is 572. The SMILES string of the molecule is Cc1ccc(C(C(=O)N2CCN(CCN3CCCC3)CC2)N(C)C)cc1. The van der Waals surface area contributed by atoms with Gasteiger partial charge in [-0.25, -0.2) is 0 Å².